The van der Waals surface area contributed by atoms with Gasteiger partial charge in [-0.15, -0.1) is 0 Å². The number of piperazine rings is 1. The molecule has 46 heavy (non-hydrogen) atoms. The molecule has 1 saturated carbocycles. The summed E-state index contributed by atoms with van der Waals surface area (Å²) in [7, 11) is 11.0. The molecule has 1 saturated heterocycles. The van der Waals surface area contributed by atoms with Crippen LogP contribution in [0.15, 0.2) is 102 Å². The molecule has 1 aliphatic heterocycles. The van der Waals surface area contributed by atoms with E-state index in [1.165, 1.54) is 5.57 Å². The van der Waals surface area contributed by atoms with Gasteiger partial charge in [-0.2, -0.15) is 0 Å². The average molecular weight is 640 g/mol. The Morgan fingerprint density at radius 1 is 1.02 bits per heavy atom. The van der Waals surface area contributed by atoms with E-state index in [4.69, 9.17) is 5.73 Å². The predicted octanol–water partition coefficient (Wildman–Crippen LogP) is 7.44. The Hall–Kier alpha value is -3.64. The number of nitrogens with two attached hydrogens (primary N) is 1. The summed E-state index contributed by atoms with van der Waals surface area (Å²) in [5.74, 6) is 0.675. The second-order valence-electron chi connectivity index (χ2n) is 12.9. The molecule has 1 heterocycles. The molecule has 7 nitrogen and oxygen atoms in total. The standard InChI is InChI=1S/C38H54N7P/c1-10-26(2)36(37(46)40-6)34(23-27(3)38(17-18-38)28(4)43(7)8)30-11-14-32(15-12-30)41-29(5)42-33-16-13-31(35(39)24-33)25-45-21-19-44(9)20-22-45/h11-16,23-24,41-42H,2,4-5,10,17-22,25,39,46H2,1,3,6-9H3/b27-23+,36-34-,40-37?. The van der Waals surface area contributed by atoms with Gasteiger partial charge in [0.25, 0.3) is 0 Å². The molecule has 2 aromatic carbocycles. The maximum Gasteiger partial charge on any atom is 0.100 e. The molecule has 0 bridgehead atoms. The van der Waals surface area contributed by atoms with Crippen LogP contribution in [-0.2, 0) is 6.54 Å². The van der Waals surface area contributed by atoms with Crippen molar-refractivity contribution in [2.45, 2.75) is 39.7 Å². The molecule has 2 aliphatic rings. The van der Waals surface area contributed by atoms with Crippen molar-refractivity contribution in [1.29, 1.82) is 0 Å². The van der Waals surface area contributed by atoms with Gasteiger partial charge in [-0.3, -0.25) is 9.89 Å². The number of likely N-dealkylation sites (N-methyl/N-ethyl adjacent to an activating group) is 1. The smallest absolute Gasteiger partial charge is 0.100 e. The van der Waals surface area contributed by atoms with Crippen molar-refractivity contribution in [2.24, 2.45) is 10.4 Å². The topological polar surface area (TPSA) is 72.2 Å². The largest absolute Gasteiger partial charge is 0.398 e. The second-order valence-corrected chi connectivity index (χ2v) is 13.5. The van der Waals surface area contributed by atoms with Crippen LogP contribution in [-0.4, -0.2) is 74.5 Å². The van der Waals surface area contributed by atoms with Gasteiger partial charge in [0.15, 0.2) is 0 Å². The first-order valence-electron chi connectivity index (χ1n) is 16.2. The molecule has 2 aromatic rings. The molecule has 8 heteroatoms. The molecule has 246 valence electrons. The second kappa shape index (κ2) is 15.3. The summed E-state index contributed by atoms with van der Waals surface area (Å²) in [5.41, 5.74) is 18.0. The predicted molar refractivity (Wildman–Crippen MR) is 204 cm³/mol. The first kappa shape index (κ1) is 35.2. The van der Waals surface area contributed by atoms with Gasteiger partial charge in [0.2, 0.25) is 0 Å². The van der Waals surface area contributed by atoms with Crippen molar-refractivity contribution in [2.75, 3.05) is 70.7 Å². The Morgan fingerprint density at radius 2 is 1.63 bits per heavy atom. The summed E-state index contributed by atoms with van der Waals surface area (Å²) in [6.07, 6.45) is 5.39. The van der Waals surface area contributed by atoms with E-state index < -0.39 is 0 Å². The molecule has 4 rings (SSSR count). The van der Waals surface area contributed by atoms with E-state index in [0.29, 0.717) is 5.82 Å². The number of nitrogen functional groups attached to an aromatic ring is 1. The molecule has 1 atom stereocenters. The molecule has 4 N–H and O–H groups in total. The van der Waals surface area contributed by atoms with Gasteiger partial charge < -0.3 is 26.2 Å². The van der Waals surface area contributed by atoms with Crippen LogP contribution < -0.4 is 16.4 Å². The Balaban J connectivity index is 1.52. The van der Waals surface area contributed by atoms with E-state index in [2.05, 4.69) is 137 Å². The fraction of sp³-hybridized carbons (Fsp3) is 0.395. The number of aliphatic imine (C=N–C) groups is 1. The highest BCUT2D eigenvalue weighted by molar-refractivity contribution is 7.42. The van der Waals surface area contributed by atoms with Gasteiger partial charge in [0, 0.05) is 87.6 Å². The minimum atomic E-state index is 0.00882. The Bertz CT molecular complexity index is 1540. The van der Waals surface area contributed by atoms with E-state index in [1.54, 1.807) is 0 Å². The number of rotatable bonds is 14. The molecular weight excluding hydrogens is 585 g/mol. The number of benzene rings is 2. The number of hydrogen-bond donors (Lipinski definition) is 3. The zero-order chi connectivity index (χ0) is 33.6. The SMILES string of the molecule is C=C(Nc1ccc(C(/C=C(\C)C2(C(=C)N(C)C)CC2)=C(/C(=C)CC)C(P)=NC)cc1)Nc1ccc(CN2CCN(C)CC2)c(N)c1. The highest BCUT2D eigenvalue weighted by Crippen LogP contribution is 2.57. The maximum atomic E-state index is 6.46. The minimum Gasteiger partial charge on any atom is -0.398 e. The first-order chi connectivity index (χ1) is 21.9. The van der Waals surface area contributed by atoms with Crippen LogP contribution in [0.25, 0.3) is 5.57 Å². The Labute approximate surface area is 279 Å². The van der Waals surface area contributed by atoms with Gasteiger partial charge in [-0.05, 0) is 79.8 Å². The normalized spacial score (nSPS) is 17.6. The molecule has 0 radical (unpaired) electrons. The lowest BCUT2D eigenvalue weighted by Crippen LogP contribution is -2.43. The minimum absolute atomic E-state index is 0.00882. The zero-order valence-corrected chi connectivity index (χ0v) is 30.0. The van der Waals surface area contributed by atoms with Gasteiger partial charge in [0.1, 0.15) is 5.82 Å². The summed E-state index contributed by atoms with van der Waals surface area (Å²) in [5, 5.41) is 6.78. The summed E-state index contributed by atoms with van der Waals surface area (Å²) < 4.78 is 0. The lowest BCUT2D eigenvalue weighted by atomic mass is 9.87. The molecule has 0 spiro atoms. The van der Waals surface area contributed by atoms with Gasteiger partial charge in [-0.1, -0.05) is 65.7 Å². The number of allylic oxidation sites excluding steroid dienone is 5. The fourth-order valence-corrected chi connectivity index (χ4v) is 6.45. The lowest BCUT2D eigenvalue weighted by molar-refractivity contribution is 0.148. The Morgan fingerprint density at radius 3 is 2.17 bits per heavy atom. The van der Waals surface area contributed by atoms with Crippen LogP contribution in [0.1, 0.15) is 44.2 Å². The number of anilines is 3. The molecule has 1 unspecified atom stereocenters. The van der Waals surface area contributed by atoms with Crippen LogP contribution in [0.5, 0.6) is 0 Å². The summed E-state index contributed by atoms with van der Waals surface area (Å²) in [6.45, 7) is 22.6. The van der Waals surface area contributed by atoms with Gasteiger partial charge in [0.05, 0.1) is 5.45 Å². The van der Waals surface area contributed by atoms with E-state index in [0.717, 1.165) is 108 Å². The molecule has 1 aliphatic carbocycles. The van der Waals surface area contributed by atoms with Crippen LogP contribution >= 0.6 is 9.24 Å². The number of nitrogens with one attached hydrogen (secondary N) is 2. The highest BCUT2D eigenvalue weighted by Gasteiger charge is 2.47. The quantitative estimate of drug-likeness (QED) is 0.0864. The van der Waals surface area contributed by atoms with Crippen molar-refractivity contribution < 1.29 is 0 Å². The van der Waals surface area contributed by atoms with Gasteiger partial charge >= 0.3 is 0 Å². The molecular formula is C38H54N7P. The average Bonchev–Trinajstić information content (AvgIpc) is 3.85. The third kappa shape index (κ3) is 8.38. The number of nitrogens with zero attached hydrogens (tertiary/aromatic N) is 4. The van der Waals surface area contributed by atoms with Crippen molar-refractivity contribution in [1.82, 2.24) is 14.7 Å². The summed E-state index contributed by atoms with van der Waals surface area (Å²) in [4.78, 5) is 11.5. The third-order valence-electron chi connectivity index (χ3n) is 9.43. The van der Waals surface area contributed by atoms with E-state index in [-0.39, 0.29) is 5.41 Å². The molecule has 0 amide bonds. The van der Waals surface area contributed by atoms with Crippen LogP contribution in [0.2, 0.25) is 0 Å². The Kier molecular flexibility index (Phi) is 11.7. The number of hydrogen-bond acceptors (Lipinski definition) is 7. The molecule has 0 aromatic heterocycles. The van der Waals surface area contributed by atoms with Crippen molar-refractivity contribution in [3.8, 4) is 0 Å². The van der Waals surface area contributed by atoms with E-state index >= 15 is 0 Å². The first-order valence-corrected chi connectivity index (χ1v) is 16.8. The monoisotopic (exact) mass is 639 g/mol. The van der Waals surface area contributed by atoms with E-state index in [1.807, 2.05) is 13.1 Å². The molecule has 2 fully saturated rings. The third-order valence-corrected chi connectivity index (χ3v) is 9.97. The van der Waals surface area contributed by atoms with Crippen molar-refractivity contribution in [3.63, 3.8) is 0 Å². The van der Waals surface area contributed by atoms with Crippen molar-refractivity contribution in [3.05, 3.63) is 108 Å². The van der Waals surface area contributed by atoms with Crippen LogP contribution in [0.4, 0.5) is 17.1 Å². The van der Waals surface area contributed by atoms with Crippen molar-refractivity contribution >= 4 is 37.3 Å². The fourth-order valence-electron chi connectivity index (χ4n) is 6.09. The van der Waals surface area contributed by atoms with Crippen LogP contribution in [0, 0.1) is 5.41 Å². The summed E-state index contributed by atoms with van der Waals surface area (Å²) in [6, 6.07) is 14.6. The van der Waals surface area contributed by atoms with Gasteiger partial charge in [-0.25, -0.2) is 0 Å². The zero-order valence-electron chi connectivity index (χ0n) is 28.8. The lowest BCUT2D eigenvalue weighted by Gasteiger charge is -2.32. The van der Waals surface area contributed by atoms with E-state index in [9.17, 15) is 0 Å². The summed E-state index contributed by atoms with van der Waals surface area (Å²) >= 11 is 0. The van der Waals surface area contributed by atoms with Crippen LogP contribution in [0.3, 0.4) is 0 Å². The maximum absolute atomic E-state index is 6.46. The highest BCUT2D eigenvalue weighted by atomic mass is 31.0.